The normalized spacial score (nSPS) is 15.7. The third-order valence-electron chi connectivity index (χ3n) is 3.75. The fourth-order valence-electron chi connectivity index (χ4n) is 2.46. The molecule has 1 aliphatic heterocycles. The van der Waals surface area contributed by atoms with Crippen molar-refractivity contribution in [1.82, 2.24) is 4.90 Å². The zero-order valence-electron chi connectivity index (χ0n) is 12.6. The van der Waals surface area contributed by atoms with Gasteiger partial charge in [0.05, 0.1) is 0 Å². The predicted molar refractivity (Wildman–Crippen MR) is 87.5 cm³/mol. The van der Waals surface area contributed by atoms with E-state index in [4.69, 9.17) is 10.5 Å². The van der Waals surface area contributed by atoms with Crippen LogP contribution in [0.5, 0.6) is 5.75 Å². The van der Waals surface area contributed by atoms with E-state index in [0.717, 1.165) is 30.6 Å². The van der Waals surface area contributed by atoms with Crippen molar-refractivity contribution in [1.29, 1.82) is 0 Å². The van der Waals surface area contributed by atoms with Crippen molar-refractivity contribution < 1.29 is 9.53 Å². The molecule has 1 heterocycles. The van der Waals surface area contributed by atoms with Crippen LogP contribution in [0.15, 0.2) is 18.2 Å². The van der Waals surface area contributed by atoms with E-state index in [-0.39, 0.29) is 18.5 Å². The van der Waals surface area contributed by atoms with Crippen LogP contribution >= 0.6 is 12.4 Å². The van der Waals surface area contributed by atoms with Gasteiger partial charge in [0.15, 0.2) is 0 Å². The van der Waals surface area contributed by atoms with E-state index in [1.807, 2.05) is 25.1 Å². The third-order valence-corrected chi connectivity index (χ3v) is 3.75. The molecular weight excluding hydrogens is 290 g/mol. The number of carbonyl (C=O) groups is 1. The summed E-state index contributed by atoms with van der Waals surface area (Å²) in [5, 5.41) is 3.37. The Balaban J connectivity index is 0.00000220. The Hall–Kier alpha value is -1.46. The van der Waals surface area contributed by atoms with Crippen molar-refractivity contribution in [2.75, 3.05) is 32.0 Å². The lowest BCUT2D eigenvalue weighted by atomic mass is 9.95. The van der Waals surface area contributed by atoms with Crippen LogP contribution in [0, 0.1) is 0 Å². The van der Waals surface area contributed by atoms with Crippen LogP contribution in [0.25, 0.3) is 0 Å². The maximum absolute atomic E-state index is 11.9. The van der Waals surface area contributed by atoms with Gasteiger partial charge in [-0.2, -0.15) is 0 Å². The Bertz CT molecular complexity index is 482. The van der Waals surface area contributed by atoms with Gasteiger partial charge in [-0.25, -0.2) is 4.79 Å². The van der Waals surface area contributed by atoms with Crippen molar-refractivity contribution in [3.63, 3.8) is 0 Å². The molecule has 6 heteroatoms. The molecule has 0 fully saturated rings. The molecule has 3 N–H and O–H groups in total. The standard InChI is InChI=1S/C15H23N3O2.ClH/c1-3-18(2)15(19)20-13-8-4-7-12-14(13)11(10-17-12)6-5-9-16;/h4,7-8,11,17H,3,5-6,9-10,16H2,1-2H3;1H. The quantitative estimate of drug-likeness (QED) is 0.877. The first-order valence-electron chi connectivity index (χ1n) is 7.17. The van der Waals surface area contributed by atoms with E-state index in [1.54, 1.807) is 11.9 Å². The van der Waals surface area contributed by atoms with Crippen LogP contribution < -0.4 is 15.8 Å². The predicted octanol–water partition coefficient (Wildman–Crippen LogP) is 2.81. The molecule has 1 atom stereocenters. The second kappa shape index (κ2) is 8.10. The molecule has 0 saturated carbocycles. The number of hydrogen-bond donors (Lipinski definition) is 2. The first-order chi connectivity index (χ1) is 9.67. The molecular formula is C15H24ClN3O2. The van der Waals surface area contributed by atoms with E-state index in [9.17, 15) is 4.79 Å². The number of halogens is 1. The number of carbonyl (C=O) groups excluding carboxylic acids is 1. The molecule has 0 aromatic heterocycles. The fraction of sp³-hybridized carbons (Fsp3) is 0.533. The van der Waals surface area contributed by atoms with Gasteiger partial charge in [-0.3, -0.25) is 0 Å². The molecule has 1 aromatic rings. The zero-order chi connectivity index (χ0) is 14.5. The molecule has 0 saturated heterocycles. The molecule has 1 amide bonds. The summed E-state index contributed by atoms with van der Waals surface area (Å²) in [6.45, 7) is 4.12. The summed E-state index contributed by atoms with van der Waals surface area (Å²) in [6.07, 6.45) is 1.67. The number of fused-ring (bicyclic) bond motifs is 1. The topological polar surface area (TPSA) is 67.6 Å². The maximum atomic E-state index is 11.9. The number of amides is 1. The van der Waals surface area contributed by atoms with Crippen molar-refractivity contribution in [3.8, 4) is 5.75 Å². The van der Waals surface area contributed by atoms with Gasteiger partial charge < -0.3 is 20.7 Å². The van der Waals surface area contributed by atoms with Crippen LogP contribution in [-0.4, -0.2) is 37.7 Å². The average Bonchev–Trinajstić information content (AvgIpc) is 2.88. The minimum atomic E-state index is -0.314. The second-order valence-corrected chi connectivity index (χ2v) is 5.11. The van der Waals surface area contributed by atoms with Crippen molar-refractivity contribution >= 4 is 24.2 Å². The number of rotatable bonds is 5. The number of nitrogens with one attached hydrogen (secondary N) is 1. The number of benzene rings is 1. The van der Waals surface area contributed by atoms with Gasteiger partial charge in [0.2, 0.25) is 0 Å². The molecule has 1 unspecified atom stereocenters. The van der Waals surface area contributed by atoms with E-state index in [1.165, 1.54) is 0 Å². The summed E-state index contributed by atoms with van der Waals surface area (Å²) in [5.74, 6) is 1.03. The van der Waals surface area contributed by atoms with E-state index in [0.29, 0.717) is 24.8 Å². The van der Waals surface area contributed by atoms with Gasteiger partial charge >= 0.3 is 6.09 Å². The first kappa shape index (κ1) is 17.6. The molecule has 5 nitrogen and oxygen atoms in total. The van der Waals surface area contributed by atoms with Gasteiger partial charge in [0.25, 0.3) is 0 Å². The highest BCUT2D eigenvalue weighted by Crippen LogP contribution is 2.40. The molecule has 1 aliphatic rings. The van der Waals surface area contributed by atoms with Gasteiger partial charge in [0, 0.05) is 37.3 Å². The SMILES string of the molecule is CCN(C)C(=O)Oc1cccc2c1C(CCCN)CN2.Cl. The summed E-state index contributed by atoms with van der Waals surface area (Å²) in [7, 11) is 1.73. The molecule has 0 aliphatic carbocycles. The minimum Gasteiger partial charge on any atom is -0.410 e. The summed E-state index contributed by atoms with van der Waals surface area (Å²) in [6, 6.07) is 5.80. The highest BCUT2D eigenvalue weighted by Gasteiger charge is 2.26. The van der Waals surface area contributed by atoms with E-state index in [2.05, 4.69) is 5.32 Å². The van der Waals surface area contributed by atoms with Gasteiger partial charge in [0.1, 0.15) is 5.75 Å². The highest BCUT2D eigenvalue weighted by atomic mass is 35.5. The Morgan fingerprint density at radius 1 is 1.52 bits per heavy atom. The molecule has 0 spiro atoms. The van der Waals surface area contributed by atoms with Crippen LogP contribution in [0.4, 0.5) is 10.5 Å². The first-order valence-corrected chi connectivity index (χ1v) is 7.17. The molecule has 2 rings (SSSR count). The summed E-state index contributed by atoms with van der Waals surface area (Å²) in [5.41, 5.74) is 7.77. The van der Waals surface area contributed by atoms with Crippen LogP contribution in [-0.2, 0) is 0 Å². The van der Waals surface area contributed by atoms with Crippen LogP contribution in [0.1, 0.15) is 31.2 Å². The van der Waals surface area contributed by atoms with E-state index < -0.39 is 0 Å². The smallest absolute Gasteiger partial charge is 0.410 e. The average molecular weight is 314 g/mol. The second-order valence-electron chi connectivity index (χ2n) is 5.11. The fourth-order valence-corrected chi connectivity index (χ4v) is 2.46. The lowest BCUT2D eigenvalue weighted by Gasteiger charge is -2.18. The Labute approximate surface area is 132 Å². The highest BCUT2D eigenvalue weighted by molar-refractivity contribution is 5.85. The van der Waals surface area contributed by atoms with E-state index >= 15 is 0 Å². The molecule has 118 valence electrons. The maximum Gasteiger partial charge on any atom is 0.414 e. The minimum absolute atomic E-state index is 0. The van der Waals surface area contributed by atoms with Crippen molar-refractivity contribution in [3.05, 3.63) is 23.8 Å². The summed E-state index contributed by atoms with van der Waals surface area (Å²) < 4.78 is 5.54. The number of nitrogens with zero attached hydrogens (tertiary/aromatic N) is 1. The Kier molecular flexibility index (Phi) is 6.78. The van der Waals surface area contributed by atoms with Crippen molar-refractivity contribution in [2.45, 2.75) is 25.7 Å². The zero-order valence-corrected chi connectivity index (χ0v) is 13.4. The summed E-state index contributed by atoms with van der Waals surface area (Å²) in [4.78, 5) is 13.5. The van der Waals surface area contributed by atoms with Crippen molar-refractivity contribution in [2.24, 2.45) is 5.73 Å². The van der Waals surface area contributed by atoms with Gasteiger partial charge in [-0.05, 0) is 38.4 Å². The number of anilines is 1. The number of hydrogen-bond acceptors (Lipinski definition) is 4. The largest absolute Gasteiger partial charge is 0.414 e. The molecule has 1 aromatic carbocycles. The Morgan fingerprint density at radius 3 is 2.95 bits per heavy atom. The number of ether oxygens (including phenoxy) is 1. The monoisotopic (exact) mass is 313 g/mol. The lowest BCUT2D eigenvalue weighted by molar-refractivity contribution is 0.164. The summed E-state index contributed by atoms with van der Waals surface area (Å²) >= 11 is 0. The van der Waals surface area contributed by atoms with Crippen LogP contribution in [0.2, 0.25) is 0 Å². The number of nitrogens with two attached hydrogens (primary N) is 1. The Morgan fingerprint density at radius 2 is 2.29 bits per heavy atom. The third kappa shape index (κ3) is 4.02. The van der Waals surface area contributed by atoms with Gasteiger partial charge in [-0.1, -0.05) is 6.07 Å². The molecule has 21 heavy (non-hydrogen) atoms. The van der Waals surface area contributed by atoms with Gasteiger partial charge in [-0.15, -0.1) is 12.4 Å². The van der Waals surface area contributed by atoms with Crippen LogP contribution in [0.3, 0.4) is 0 Å². The molecule has 0 radical (unpaired) electrons. The molecule has 0 bridgehead atoms. The lowest BCUT2D eigenvalue weighted by Crippen LogP contribution is -2.29.